The van der Waals surface area contributed by atoms with Crippen LogP contribution in [0, 0.1) is 0 Å². The van der Waals surface area contributed by atoms with E-state index < -0.39 is 5.91 Å². The highest BCUT2D eigenvalue weighted by Crippen LogP contribution is 2.31. The Kier molecular flexibility index (Phi) is 5.87. The van der Waals surface area contributed by atoms with Gasteiger partial charge in [0.2, 0.25) is 0 Å². The monoisotopic (exact) mass is 449 g/mol. The highest BCUT2D eigenvalue weighted by molar-refractivity contribution is 9.10. The van der Waals surface area contributed by atoms with E-state index in [4.69, 9.17) is 23.2 Å². The van der Waals surface area contributed by atoms with Crippen molar-refractivity contribution in [3.63, 3.8) is 0 Å². The molecule has 0 spiro atoms. The van der Waals surface area contributed by atoms with E-state index in [1.807, 2.05) is 30.3 Å². The number of amides is 1. The van der Waals surface area contributed by atoms with Crippen molar-refractivity contribution in [3.8, 4) is 5.75 Å². The zero-order chi connectivity index (χ0) is 18.7. The van der Waals surface area contributed by atoms with Crippen LogP contribution in [0.4, 0.5) is 5.69 Å². The van der Waals surface area contributed by atoms with Gasteiger partial charge in [-0.1, -0.05) is 69.5 Å². The summed E-state index contributed by atoms with van der Waals surface area (Å²) < 4.78 is 0.709. The van der Waals surface area contributed by atoms with Crippen LogP contribution >= 0.6 is 39.1 Å². The first-order chi connectivity index (χ1) is 12.4. The van der Waals surface area contributed by atoms with Crippen LogP contribution in [-0.2, 0) is 6.42 Å². The fourth-order valence-corrected chi connectivity index (χ4v) is 3.35. The predicted molar refractivity (Wildman–Crippen MR) is 109 cm³/mol. The Balaban J connectivity index is 1.89. The van der Waals surface area contributed by atoms with E-state index in [0.717, 1.165) is 5.56 Å². The minimum Gasteiger partial charge on any atom is -0.507 e. The third kappa shape index (κ3) is 4.39. The molecule has 6 heteroatoms. The van der Waals surface area contributed by atoms with Gasteiger partial charge in [-0.25, -0.2) is 0 Å². The molecule has 0 fully saturated rings. The molecule has 132 valence electrons. The summed E-state index contributed by atoms with van der Waals surface area (Å²) in [7, 11) is 0. The zero-order valence-corrected chi connectivity index (χ0v) is 16.6. The molecule has 0 aliphatic carbocycles. The molecule has 0 atom stereocenters. The van der Waals surface area contributed by atoms with Gasteiger partial charge < -0.3 is 10.4 Å². The SMILES string of the molecule is O=C(Nc1ccc(Cl)c(Cl)c1)c1cc(Br)cc(Cc2ccccc2)c1O. The third-order valence-electron chi connectivity index (χ3n) is 3.81. The molecule has 3 nitrogen and oxygen atoms in total. The minimum atomic E-state index is -0.434. The second-order valence-electron chi connectivity index (χ2n) is 5.71. The Labute approximate surface area is 169 Å². The first-order valence-electron chi connectivity index (χ1n) is 7.76. The van der Waals surface area contributed by atoms with Gasteiger partial charge in [0.25, 0.3) is 5.91 Å². The van der Waals surface area contributed by atoms with E-state index in [1.165, 1.54) is 0 Å². The molecule has 1 amide bonds. The lowest BCUT2D eigenvalue weighted by molar-refractivity contribution is 0.102. The number of hydrogen-bond acceptors (Lipinski definition) is 2. The molecule has 0 saturated carbocycles. The first kappa shape index (κ1) is 18.8. The molecule has 26 heavy (non-hydrogen) atoms. The van der Waals surface area contributed by atoms with Crippen molar-refractivity contribution in [2.24, 2.45) is 0 Å². The Morgan fingerprint density at radius 2 is 1.73 bits per heavy atom. The van der Waals surface area contributed by atoms with E-state index in [-0.39, 0.29) is 11.3 Å². The molecule has 0 heterocycles. The Morgan fingerprint density at radius 3 is 2.42 bits per heavy atom. The molecule has 0 saturated heterocycles. The van der Waals surface area contributed by atoms with Gasteiger partial charge in [0.15, 0.2) is 0 Å². The van der Waals surface area contributed by atoms with E-state index in [2.05, 4.69) is 21.2 Å². The van der Waals surface area contributed by atoms with Crippen LogP contribution in [0.1, 0.15) is 21.5 Å². The van der Waals surface area contributed by atoms with Gasteiger partial charge in [-0.3, -0.25) is 4.79 Å². The first-order valence-corrected chi connectivity index (χ1v) is 9.30. The largest absolute Gasteiger partial charge is 0.507 e. The fraction of sp³-hybridized carbons (Fsp3) is 0.0500. The lowest BCUT2D eigenvalue weighted by Crippen LogP contribution is -2.13. The van der Waals surface area contributed by atoms with Gasteiger partial charge in [-0.05, 0) is 35.9 Å². The Hall–Kier alpha value is -2.01. The molecule has 0 bridgehead atoms. The van der Waals surface area contributed by atoms with Crippen molar-refractivity contribution < 1.29 is 9.90 Å². The Bertz CT molecular complexity index is 962. The van der Waals surface area contributed by atoms with Gasteiger partial charge in [0.05, 0.1) is 15.6 Å². The average molecular weight is 451 g/mol. The van der Waals surface area contributed by atoms with E-state index in [0.29, 0.717) is 32.2 Å². The normalized spacial score (nSPS) is 10.6. The molecule has 0 aliphatic rings. The lowest BCUT2D eigenvalue weighted by Gasteiger charge is -2.12. The van der Waals surface area contributed by atoms with Crippen molar-refractivity contribution in [1.82, 2.24) is 0 Å². The van der Waals surface area contributed by atoms with Gasteiger partial charge in [0.1, 0.15) is 5.75 Å². The second-order valence-corrected chi connectivity index (χ2v) is 7.44. The van der Waals surface area contributed by atoms with Gasteiger partial charge in [-0.2, -0.15) is 0 Å². The number of nitrogens with one attached hydrogen (secondary N) is 1. The van der Waals surface area contributed by atoms with Gasteiger partial charge in [-0.15, -0.1) is 0 Å². The molecule has 0 aliphatic heterocycles. The van der Waals surface area contributed by atoms with Gasteiger partial charge in [0, 0.05) is 22.1 Å². The number of hydrogen-bond donors (Lipinski definition) is 2. The zero-order valence-electron chi connectivity index (χ0n) is 13.5. The molecule has 3 aromatic carbocycles. The van der Waals surface area contributed by atoms with E-state index >= 15 is 0 Å². The highest BCUT2D eigenvalue weighted by Gasteiger charge is 2.17. The predicted octanol–water partition coefficient (Wildman–Crippen LogP) is 6.30. The summed E-state index contributed by atoms with van der Waals surface area (Å²) in [6, 6.07) is 17.9. The maximum Gasteiger partial charge on any atom is 0.259 e. The van der Waals surface area contributed by atoms with Crippen LogP contribution in [0.5, 0.6) is 5.75 Å². The smallest absolute Gasteiger partial charge is 0.259 e. The topological polar surface area (TPSA) is 49.3 Å². The molecule has 3 aromatic rings. The molecule has 3 rings (SSSR count). The molecular formula is C20H14BrCl2NO2. The van der Waals surface area contributed by atoms with E-state index in [9.17, 15) is 9.90 Å². The summed E-state index contributed by atoms with van der Waals surface area (Å²) in [5.74, 6) is -0.480. The number of carbonyl (C=O) groups is 1. The molecule has 2 N–H and O–H groups in total. The fourth-order valence-electron chi connectivity index (χ4n) is 2.55. The summed E-state index contributed by atoms with van der Waals surface area (Å²) >= 11 is 15.3. The molecule has 0 unspecified atom stereocenters. The average Bonchev–Trinajstić information content (AvgIpc) is 2.62. The van der Waals surface area contributed by atoms with Crippen LogP contribution in [0.3, 0.4) is 0 Å². The third-order valence-corrected chi connectivity index (χ3v) is 5.01. The maximum atomic E-state index is 12.6. The van der Waals surface area contributed by atoms with Crippen molar-refractivity contribution >= 4 is 50.7 Å². The summed E-state index contributed by atoms with van der Waals surface area (Å²) in [6.45, 7) is 0. The standard InChI is InChI=1S/C20H14BrCl2NO2/c21-14-9-13(8-12-4-2-1-3-5-12)19(25)16(10-14)20(26)24-15-6-7-17(22)18(23)11-15/h1-7,9-11,25H,8H2,(H,24,26). The number of carbonyl (C=O) groups excluding carboxylic acids is 1. The number of halogens is 3. The molecule has 0 aromatic heterocycles. The van der Waals surface area contributed by atoms with Crippen molar-refractivity contribution in [2.75, 3.05) is 5.32 Å². The van der Waals surface area contributed by atoms with E-state index in [1.54, 1.807) is 30.3 Å². The van der Waals surface area contributed by atoms with Crippen LogP contribution in [0.25, 0.3) is 0 Å². The lowest BCUT2D eigenvalue weighted by atomic mass is 10.0. The van der Waals surface area contributed by atoms with Crippen LogP contribution in [0.2, 0.25) is 10.0 Å². The van der Waals surface area contributed by atoms with Crippen LogP contribution in [-0.4, -0.2) is 11.0 Å². The number of phenolic OH excluding ortho intramolecular Hbond substituents is 1. The van der Waals surface area contributed by atoms with Gasteiger partial charge >= 0.3 is 0 Å². The molecular weight excluding hydrogens is 437 g/mol. The number of aromatic hydroxyl groups is 1. The second kappa shape index (κ2) is 8.12. The van der Waals surface area contributed by atoms with Crippen LogP contribution in [0.15, 0.2) is 65.1 Å². The summed E-state index contributed by atoms with van der Waals surface area (Å²) in [6.07, 6.45) is 0.513. The highest BCUT2D eigenvalue weighted by atomic mass is 79.9. The molecule has 0 radical (unpaired) electrons. The van der Waals surface area contributed by atoms with Crippen molar-refractivity contribution in [1.29, 1.82) is 0 Å². The summed E-state index contributed by atoms with van der Waals surface area (Å²) in [5.41, 5.74) is 2.37. The quantitative estimate of drug-likeness (QED) is 0.489. The number of anilines is 1. The van der Waals surface area contributed by atoms with Crippen molar-refractivity contribution in [2.45, 2.75) is 6.42 Å². The number of phenols is 1. The number of rotatable bonds is 4. The Morgan fingerprint density at radius 1 is 1.00 bits per heavy atom. The maximum absolute atomic E-state index is 12.6. The van der Waals surface area contributed by atoms with Crippen molar-refractivity contribution in [3.05, 3.63) is 91.9 Å². The summed E-state index contributed by atoms with van der Waals surface area (Å²) in [4.78, 5) is 12.6. The minimum absolute atomic E-state index is 0.0467. The summed E-state index contributed by atoms with van der Waals surface area (Å²) in [5, 5.41) is 14.1. The van der Waals surface area contributed by atoms with Crippen LogP contribution < -0.4 is 5.32 Å². The number of benzene rings is 3.